The highest BCUT2D eigenvalue weighted by Gasteiger charge is 2.00. The van der Waals surface area contributed by atoms with Crippen LogP contribution in [0.25, 0.3) is 6.08 Å². The van der Waals surface area contributed by atoms with Gasteiger partial charge in [-0.05, 0) is 32.6 Å². The van der Waals surface area contributed by atoms with Gasteiger partial charge in [-0.2, -0.15) is 12.6 Å². The molecule has 3 N–H and O–H groups in total. The number of aromatic nitrogens is 2. The second-order valence-corrected chi connectivity index (χ2v) is 3.12. The molecule has 0 fully saturated rings. The molecule has 3 nitrogen and oxygen atoms in total. The lowest BCUT2D eigenvalue weighted by Gasteiger charge is -1.93. The third-order valence-electron chi connectivity index (χ3n) is 1.79. The van der Waals surface area contributed by atoms with E-state index in [0.717, 1.165) is 17.8 Å². The van der Waals surface area contributed by atoms with E-state index in [1.54, 1.807) is 6.26 Å². The van der Waals surface area contributed by atoms with E-state index in [4.69, 9.17) is 5.73 Å². The van der Waals surface area contributed by atoms with Crippen LogP contribution in [-0.2, 0) is 0 Å². The Morgan fingerprint density at radius 3 is 2.35 bits per heavy atom. The van der Waals surface area contributed by atoms with E-state index in [9.17, 15) is 0 Å². The molecule has 0 amide bonds. The zero-order chi connectivity index (χ0) is 13.8. The van der Waals surface area contributed by atoms with Crippen LogP contribution in [0.2, 0.25) is 0 Å². The number of aromatic amines is 1. The number of nitrogen functional groups attached to an aromatic ring is 1. The van der Waals surface area contributed by atoms with Gasteiger partial charge in [0.15, 0.2) is 5.95 Å². The molecule has 0 atom stereocenters. The molecule has 4 heteroatoms. The summed E-state index contributed by atoms with van der Waals surface area (Å²) in [5.41, 5.74) is 8.65. The zero-order valence-electron chi connectivity index (χ0n) is 11.5. The highest BCUT2D eigenvalue weighted by molar-refractivity contribution is 7.79. The Morgan fingerprint density at radius 2 is 2.00 bits per heavy atom. The molecule has 98 valence electrons. The Balaban J connectivity index is 0. The van der Waals surface area contributed by atoms with E-state index in [-0.39, 0.29) is 0 Å². The second kappa shape index (κ2) is 11.3. The van der Waals surface area contributed by atoms with Crippen molar-refractivity contribution in [1.29, 1.82) is 0 Å². The summed E-state index contributed by atoms with van der Waals surface area (Å²) in [7, 11) is 0. The minimum Gasteiger partial charge on any atom is -0.369 e. The van der Waals surface area contributed by atoms with E-state index in [2.05, 4.69) is 29.2 Å². The van der Waals surface area contributed by atoms with E-state index in [1.807, 2.05) is 39.8 Å². The van der Waals surface area contributed by atoms with Crippen molar-refractivity contribution in [1.82, 2.24) is 9.97 Å². The van der Waals surface area contributed by atoms with Gasteiger partial charge >= 0.3 is 0 Å². The maximum Gasteiger partial charge on any atom is 0.198 e. The van der Waals surface area contributed by atoms with Crippen LogP contribution in [0, 0.1) is 6.92 Å². The third kappa shape index (κ3) is 7.69. The zero-order valence-corrected chi connectivity index (χ0v) is 12.4. The lowest BCUT2D eigenvalue weighted by molar-refractivity contribution is 1.22. The average Bonchev–Trinajstić information content (AvgIpc) is 2.63. The van der Waals surface area contributed by atoms with E-state index < -0.39 is 0 Å². The van der Waals surface area contributed by atoms with E-state index in [0.29, 0.717) is 5.95 Å². The van der Waals surface area contributed by atoms with Crippen LogP contribution in [0.15, 0.2) is 18.2 Å². The van der Waals surface area contributed by atoms with Gasteiger partial charge in [0.1, 0.15) is 0 Å². The summed E-state index contributed by atoms with van der Waals surface area (Å²) in [6.45, 7) is 11.7. The fourth-order valence-corrected chi connectivity index (χ4v) is 1.16. The number of thiol groups is 1. The van der Waals surface area contributed by atoms with Crippen molar-refractivity contribution in [2.24, 2.45) is 0 Å². The van der Waals surface area contributed by atoms with Gasteiger partial charge in [0.2, 0.25) is 0 Å². The lowest BCUT2D eigenvalue weighted by Crippen LogP contribution is -1.85. The van der Waals surface area contributed by atoms with Gasteiger partial charge in [0.05, 0.1) is 5.69 Å². The molecule has 1 aromatic rings. The van der Waals surface area contributed by atoms with Crippen LogP contribution in [0.3, 0.4) is 0 Å². The van der Waals surface area contributed by atoms with Crippen molar-refractivity contribution in [2.45, 2.75) is 34.1 Å². The number of rotatable bonds is 3. The van der Waals surface area contributed by atoms with Gasteiger partial charge in [-0.15, -0.1) is 6.58 Å². The number of aryl methyl sites for hydroxylation is 1. The summed E-state index contributed by atoms with van der Waals surface area (Å²) in [6, 6.07) is 0. The highest BCUT2D eigenvalue weighted by atomic mass is 32.1. The molecular weight excluding hydrogens is 230 g/mol. The number of nitrogens with two attached hydrogens (primary N) is 1. The first-order chi connectivity index (χ1) is 8.13. The molecule has 1 rings (SSSR count). The van der Waals surface area contributed by atoms with Crippen molar-refractivity contribution >= 4 is 24.7 Å². The summed E-state index contributed by atoms with van der Waals surface area (Å²) in [5, 5.41) is 0. The summed E-state index contributed by atoms with van der Waals surface area (Å²) < 4.78 is 0. The fourth-order valence-electron chi connectivity index (χ4n) is 1.16. The van der Waals surface area contributed by atoms with Gasteiger partial charge in [-0.1, -0.05) is 25.5 Å². The molecular formula is C13H25N3S. The molecule has 0 aliphatic heterocycles. The first-order valence-corrected chi connectivity index (χ1v) is 6.57. The topological polar surface area (TPSA) is 54.7 Å². The molecule has 0 saturated heterocycles. The maximum absolute atomic E-state index is 5.51. The van der Waals surface area contributed by atoms with Crippen molar-refractivity contribution in [3.05, 3.63) is 29.6 Å². The number of allylic oxidation sites excluding steroid dienone is 2. The third-order valence-corrected chi connectivity index (χ3v) is 1.79. The van der Waals surface area contributed by atoms with Crippen LogP contribution in [0.1, 0.15) is 38.6 Å². The minimum absolute atomic E-state index is 0.468. The first-order valence-electron chi connectivity index (χ1n) is 5.68. The van der Waals surface area contributed by atoms with Crippen LogP contribution < -0.4 is 5.73 Å². The minimum atomic E-state index is 0.468. The number of anilines is 1. The largest absolute Gasteiger partial charge is 0.369 e. The summed E-state index contributed by atoms with van der Waals surface area (Å²) >= 11 is 3.53. The second-order valence-electron chi connectivity index (χ2n) is 3.12. The normalized spacial score (nSPS) is 9.65. The summed E-state index contributed by atoms with van der Waals surface area (Å²) in [6.07, 6.45) is 6.47. The van der Waals surface area contributed by atoms with E-state index >= 15 is 0 Å². The fraction of sp³-hybridized carbons (Fsp3) is 0.462. The Morgan fingerprint density at radius 1 is 1.47 bits per heavy atom. The molecule has 0 saturated carbocycles. The Labute approximate surface area is 111 Å². The molecule has 0 radical (unpaired) electrons. The standard InChI is InChI=1S/C10H15N3.C2H6.CH4S/c1-4-5-7(2)6-9-8(3)12-10(11)13-9;2*1-2/h4,6H,1,5H2,2-3H3,(H3,11,12,13);1-2H3;2H,1H3/b7-6+;;. The van der Waals surface area contributed by atoms with Gasteiger partial charge in [-0.3, -0.25) is 0 Å². The molecule has 0 aromatic carbocycles. The molecule has 0 bridgehead atoms. The highest BCUT2D eigenvalue weighted by Crippen LogP contribution is 2.12. The van der Waals surface area contributed by atoms with Crippen LogP contribution >= 0.6 is 12.6 Å². The average molecular weight is 255 g/mol. The summed E-state index contributed by atoms with van der Waals surface area (Å²) in [4.78, 5) is 7.10. The number of imidazole rings is 1. The number of nitrogens with one attached hydrogen (secondary N) is 1. The number of hydrogen-bond acceptors (Lipinski definition) is 3. The molecule has 1 heterocycles. The van der Waals surface area contributed by atoms with Crippen molar-refractivity contribution in [3.8, 4) is 0 Å². The van der Waals surface area contributed by atoms with Crippen LogP contribution in [0.4, 0.5) is 5.95 Å². The SMILES string of the molecule is C=CC/C(C)=C/c1nc(N)[nH]c1C.CC.CS. The smallest absolute Gasteiger partial charge is 0.198 e. The van der Waals surface area contributed by atoms with Crippen molar-refractivity contribution in [2.75, 3.05) is 12.0 Å². The van der Waals surface area contributed by atoms with E-state index in [1.165, 1.54) is 5.57 Å². The monoisotopic (exact) mass is 255 g/mol. The number of nitrogens with zero attached hydrogens (tertiary/aromatic N) is 1. The van der Waals surface area contributed by atoms with Gasteiger partial charge in [0.25, 0.3) is 0 Å². The number of H-pyrrole nitrogens is 1. The number of hydrogen-bond donors (Lipinski definition) is 3. The molecule has 0 aliphatic carbocycles. The van der Waals surface area contributed by atoms with Gasteiger partial charge in [-0.25, -0.2) is 4.98 Å². The van der Waals surface area contributed by atoms with Gasteiger partial charge in [0, 0.05) is 5.69 Å². The van der Waals surface area contributed by atoms with Gasteiger partial charge < -0.3 is 10.7 Å². The predicted molar refractivity (Wildman–Crippen MR) is 82.5 cm³/mol. The predicted octanol–water partition coefficient (Wildman–Crippen LogP) is 3.85. The lowest BCUT2D eigenvalue weighted by atomic mass is 10.1. The summed E-state index contributed by atoms with van der Waals surface area (Å²) in [5.74, 6) is 0.468. The molecule has 1 aromatic heterocycles. The quantitative estimate of drug-likeness (QED) is 0.567. The Bertz CT molecular complexity index is 340. The van der Waals surface area contributed by atoms with Crippen LogP contribution in [0.5, 0.6) is 0 Å². The molecule has 0 aliphatic rings. The maximum atomic E-state index is 5.51. The molecule has 0 spiro atoms. The Kier molecular flexibility index (Phi) is 12.1. The molecule has 0 unspecified atom stereocenters. The molecule has 17 heavy (non-hydrogen) atoms. The van der Waals surface area contributed by atoms with Crippen LogP contribution in [-0.4, -0.2) is 16.2 Å². The van der Waals surface area contributed by atoms with Crippen molar-refractivity contribution < 1.29 is 0 Å². The Hall–Kier alpha value is -1.16. The van der Waals surface area contributed by atoms with Crippen molar-refractivity contribution in [3.63, 3.8) is 0 Å². The first kappa shape index (κ1) is 18.2.